The molecule has 0 aliphatic rings. The summed E-state index contributed by atoms with van der Waals surface area (Å²) < 4.78 is 2.03. The number of carboxylic acids is 1. The molecule has 0 fully saturated rings. The van der Waals surface area contributed by atoms with Crippen LogP contribution < -0.4 is 0 Å². The topological polar surface area (TPSA) is 75.3 Å². The van der Waals surface area contributed by atoms with E-state index in [1.54, 1.807) is 18.2 Å². The van der Waals surface area contributed by atoms with Gasteiger partial charge in [0, 0.05) is 6.42 Å². The van der Waals surface area contributed by atoms with E-state index in [1.165, 1.54) is 0 Å². The number of carbonyl (C=O) groups is 1. The van der Waals surface area contributed by atoms with Gasteiger partial charge in [-0.2, -0.15) is 0 Å². The lowest BCUT2D eigenvalue weighted by atomic mass is 10.0. The van der Waals surface area contributed by atoms with Crippen LogP contribution in [0.1, 0.15) is 43.0 Å². The Morgan fingerprint density at radius 2 is 2.10 bits per heavy atom. The normalized spacial score (nSPS) is 13.1. The van der Waals surface area contributed by atoms with Crippen molar-refractivity contribution in [3.63, 3.8) is 0 Å². The van der Waals surface area contributed by atoms with Gasteiger partial charge in [-0.05, 0) is 24.1 Å². The van der Waals surface area contributed by atoms with Gasteiger partial charge in [0.05, 0.1) is 29.2 Å². The molecular weight excluding hydrogens is 256 g/mol. The highest BCUT2D eigenvalue weighted by atomic mass is 16.4. The van der Waals surface area contributed by atoms with Gasteiger partial charge in [0.1, 0.15) is 5.82 Å². The maximum absolute atomic E-state index is 11.0. The predicted octanol–water partition coefficient (Wildman–Crippen LogP) is 2.49. The fourth-order valence-electron chi connectivity index (χ4n) is 2.49. The van der Waals surface area contributed by atoms with Crippen molar-refractivity contribution in [3.05, 3.63) is 29.6 Å². The SMILES string of the molecule is CCc1nc2cc(C(=O)O)ccc2n1[C@@H](CO)C(C)C. The molecular formula is C15H20N2O3. The summed E-state index contributed by atoms with van der Waals surface area (Å²) in [5.74, 6) is 0.180. The van der Waals surface area contributed by atoms with E-state index < -0.39 is 5.97 Å². The molecule has 5 heteroatoms. The first kappa shape index (κ1) is 14.5. The summed E-state index contributed by atoms with van der Waals surface area (Å²) >= 11 is 0. The number of imidazole rings is 1. The number of carboxylic acid groups (broad SMARTS) is 1. The van der Waals surface area contributed by atoms with E-state index in [0.29, 0.717) is 5.52 Å². The number of aliphatic hydroxyl groups excluding tert-OH is 1. The molecule has 1 aromatic heterocycles. The number of aromatic nitrogens is 2. The Labute approximate surface area is 117 Å². The van der Waals surface area contributed by atoms with Crippen molar-refractivity contribution in [1.82, 2.24) is 9.55 Å². The van der Waals surface area contributed by atoms with E-state index >= 15 is 0 Å². The van der Waals surface area contributed by atoms with Crippen molar-refractivity contribution in [2.24, 2.45) is 5.92 Å². The summed E-state index contributed by atoms with van der Waals surface area (Å²) in [5, 5.41) is 18.7. The van der Waals surface area contributed by atoms with Crippen LogP contribution in [0.15, 0.2) is 18.2 Å². The third-order valence-corrected chi connectivity index (χ3v) is 3.61. The third kappa shape index (κ3) is 2.41. The molecule has 0 spiro atoms. The predicted molar refractivity (Wildman–Crippen MR) is 77.0 cm³/mol. The van der Waals surface area contributed by atoms with Gasteiger partial charge in [0.15, 0.2) is 0 Å². The number of hydrogen-bond donors (Lipinski definition) is 2. The second-order valence-corrected chi connectivity index (χ2v) is 5.25. The molecule has 0 saturated heterocycles. The van der Waals surface area contributed by atoms with Crippen LogP contribution in [0, 0.1) is 5.92 Å². The third-order valence-electron chi connectivity index (χ3n) is 3.61. The number of aliphatic hydroxyl groups is 1. The Hall–Kier alpha value is -1.88. The lowest BCUT2D eigenvalue weighted by molar-refractivity contribution is 0.0697. The number of rotatable bonds is 5. The molecule has 0 aliphatic carbocycles. The zero-order chi connectivity index (χ0) is 14.9. The molecule has 0 bridgehead atoms. The van der Waals surface area contributed by atoms with E-state index in [0.717, 1.165) is 17.8 Å². The Morgan fingerprint density at radius 3 is 2.60 bits per heavy atom. The minimum Gasteiger partial charge on any atom is -0.478 e. The van der Waals surface area contributed by atoms with Gasteiger partial charge in [-0.25, -0.2) is 9.78 Å². The van der Waals surface area contributed by atoms with Crippen LogP contribution in [0.5, 0.6) is 0 Å². The van der Waals surface area contributed by atoms with Crippen LogP contribution in [0.4, 0.5) is 0 Å². The average Bonchev–Trinajstić information content (AvgIpc) is 2.77. The molecule has 0 amide bonds. The maximum atomic E-state index is 11.0. The highest BCUT2D eigenvalue weighted by Crippen LogP contribution is 2.27. The minimum atomic E-state index is -0.956. The molecule has 0 aliphatic heterocycles. The van der Waals surface area contributed by atoms with Crippen LogP contribution in [0.25, 0.3) is 11.0 Å². The van der Waals surface area contributed by atoms with Gasteiger partial charge in [0.25, 0.3) is 0 Å². The fraction of sp³-hybridized carbons (Fsp3) is 0.467. The minimum absolute atomic E-state index is 0.0385. The van der Waals surface area contributed by atoms with Crippen molar-refractivity contribution < 1.29 is 15.0 Å². The van der Waals surface area contributed by atoms with Crippen LogP contribution in [0.3, 0.4) is 0 Å². The number of aryl methyl sites for hydroxylation is 1. The highest BCUT2D eigenvalue weighted by molar-refractivity contribution is 5.92. The summed E-state index contributed by atoms with van der Waals surface area (Å²) in [7, 11) is 0. The van der Waals surface area contributed by atoms with E-state index in [2.05, 4.69) is 18.8 Å². The summed E-state index contributed by atoms with van der Waals surface area (Å²) in [4.78, 5) is 15.5. The summed E-state index contributed by atoms with van der Waals surface area (Å²) in [6.45, 7) is 6.15. The number of aromatic carboxylic acids is 1. The van der Waals surface area contributed by atoms with E-state index in [4.69, 9.17) is 5.11 Å². The standard InChI is InChI=1S/C15H20N2O3/c1-4-14-16-11-7-10(15(19)20)5-6-12(11)17(14)13(8-18)9(2)3/h5-7,9,13,18H,4,8H2,1-3H3,(H,19,20)/t13-/m0/s1. The quantitative estimate of drug-likeness (QED) is 0.879. The number of fused-ring (bicyclic) bond motifs is 1. The highest BCUT2D eigenvalue weighted by Gasteiger charge is 2.21. The van der Waals surface area contributed by atoms with Gasteiger partial charge in [-0.1, -0.05) is 20.8 Å². The molecule has 0 saturated carbocycles. The molecule has 2 rings (SSSR count). The van der Waals surface area contributed by atoms with Gasteiger partial charge in [-0.3, -0.25) is 0 Å². The second kappa shape index (κ2) is 5.63. The van der Waals surface area contributed by atoms with Crippen LogP contribution in [-0.4, -0.2) is 32.3 Å². The molecule has 20 heavy (non-hydrogen) atoms. The van der Waals surface area contributed by atoms with Crippen LogP contribution in [0.2, 0.25) is 0 Å². The van der Waals surface area contributed by atoms with E-state index in [9.17, 15) is 9.90 Å². The number of nitrogens with zero attached hydrogens (tertiary/aromatic N) is 2. The first-order valence-electron chi connectivity index (χ1n) is 6.84. The largest absolute Gasteiger partial charge is 0.478 e. The van der Waals surface area contributed by atoms with Crippen molar-refractivity contribution in [2.75, 3.05) is 6.61 Å². The Balaban J connectivity index is 2.66. The van der Waals surface area contributed by atoms with Gasteiger partial charge in [-0.15, -0.1) is 0 Å². The smallest absolute Gasteiger partial charge is 0.335 e. The fourth-order valence-corrected chi connectivity index (χ4v) is 2.49. The van der Waals surface area contributed by atoms with Crippen molar-refractivity contribution in [3.8, 4) is 0 Å². The number of benzene rings is 1. The molecule has 108 valence electrons. The van der Waals surface area contributed by atoms with E-state index in [1.807, 2.05) is 11.5 Å². The Kier molecular flexibility index (Phi) is 4.09. The Morgan fingerprint density at radius 1 is 1.40 bits per heavy atom. The number of hydrogen-bond acceptors (Lipinski definition) is 3. The van der Waals surface area contributed by atoms with Crippen molar-refractivity contribution >= 4 is 17.0 Å². The van der Waals surface area contributed by atoms with Gasteiger partial charge < -0.3 is 14.8 Å². The zero-order valence-corrected chi connectivity index (χ0v) is 12.0. The Bertz CT molecular complexity index is 631. The molecule has 0 radical (unpaired) electrons. The second-order valence-electron chi connectivity index (χ2n) is 5.25. The first-order chi connectivity index (χ1) is 9.49. The molecule has 5 nitrogen and oxygen atoms in total. The van der Waals surface area contributed by atoms with Crippen molar-refractivity contribution in [1.29, 1.82) is 0 Å². The van der Waals surface area contributed by atoms with Crippen LogP contribution >= 0.6 is 0 Å². The van der Waals surface area contributed by atoms with Crippen molar-refractivity contribution in [2.45, 2.75) is 33.2 Å². The lowest BCUT2D eigenvalue weighted by Gasteiger charge is -2.23. The summed E-state index contributed by atoms with van der Waals surface area (Å²) in [6.07, 6.45) is 0.736. The molecule has 1 atom stereocenters. The maximum Gasteiger partial charge on any atom is 0.335 e. The summed E-state index contributed by atoms with van der Waals surface area (Å²) in [5.41, 5.74) is 1.77. The summed E-state index contributed by atoms with van der Waals surface area (Å²) in [6, 6.07) is 4.89. The lowest BCUT2D eigenvalue weighted by Crippen LogP contribution is -2.21. The monoisotopic (exact) mass is 276 g/mol. The zero-order valence-electron chi connectivity index (χ0n) is 12.0. The molecule has 2 aromatic rings. The van der Waals surface area contributed by atoms with Gasteiger partial charge >= 0.3 is 5.97 Å². The molecule has 1 heterocycles. The molecule has 0 unspecified atom stereocenters. The van der Waals surface area contributed by atoms with Gasteiger partial charge in [0.2, 0.25) is 0 Å². The van der Waals surface area contributed by atoms with Crippen LogP contribution in [-0.2, 0) is 6.42 Å². The molecule has 1 aromatic carbocycles. The van der Waals surface area contributed by atoms with E-state index in [-0.39, 0.29) is 24.1 Å². The first-order valence-corrected chi connectivity index (χ1v) is 6.84. The molecule has 2 N–H and O–H groups in total. The average molecular weight is 276 g/mol.